The Kier molecular flexibility index (Phi) is 6.08. The molecule has 1 aliphatic heterocycles. The van der Waals surface area contributed by atoms with Gasteiger partial charge in [-0.25, -0.2) is 0 Å². The van der Waals surface area contributed by atoms with Crippen molar-refractivity contribution in [3.05, 3.63) is 59.3 Å². The number of carbonyl (C=O) groups is 1. The third kappa shape index (κ3) is 4.28. The van der Waals surface area contributed by atoms with Gasteiger partial charge in [-0.1, -0.05) is 24.8 Å². The number of methoxy groups -OCH3 is 1. The third-order valence-corrected chi connectivity index (χ3v) is 6.19. The fourth-order valence-corrected chi connectivity index (χ4v) is 4.57. The molecule has 1 amide bonds. The zero-order chi connectivity index (χ0) is 22.9. The van der Waals surface area contributed by atoms with Crippen molar-refractivity contribution in [3.8, 4) is 6.01 Å². The number of piperazine rings is 1. The number of anilines is 1. The Balaban J connectivity index is 1.62. The summed E-state index contributed by atoms with van der Waals surface area (Å²) in [6, 6.07) is 5.97. The van der Waals surface area contributed by atoms with Crippen LogP contribution in [0.5, 0.6) is 6.01 Å². The number of benzene rings is 1. The summed E-state index contributed by atoms with van der Waals surface area (Å²) in [4.78, 5) is 24.8. The Morgan fingerprint density at radius 2 is 1.91 bits per heavy atom. The molecule has 1 saturated heterocycles. The van der Waals surface area contributed by atoms with E-state index in [9.17, 15) is 18.0 Å². The minimum Gasteiger partial charge on any atom is -0.467 e. The second kappa shape index (κ2) is 8.80. The molecule has 0 radical (unpaired) electrons. The largest absolute Gasteiger partial charge is 0.467 e. The van der Waals surface area contributed by atoms with Crippen LogP contribution in [-0.2, 0) is 23.8 Å². The summed E-state index contributed by atoms with van der Waals surface area (Å²) < 4.78 is 46.0. The van der Waals surface area contributed by atoms with Gasteiger partial charge in [0.2, 0.25) is 5.91 Å². The molecule has 0 N–H and O–H groups in total. The van der Waals surface area contributed by atoms with Crippen molar-refractivity contribution in [1.29, 1.82) is 0 Å². The van der Waals surface area contributed by atoms with Crippen molar-refractivity contribution in [3.63, 3.8) is 0 Å². The lowest BCUT2D eigenvalue weighted by atomic mass is 9.80. The quantitative estimate of drug-likeness (QED) is 0.672. The van der Waals surface area contributed by atoms with Crippen LogP contribution in [0.1, 0.15) is 34.7 Å². The minimum absolute atomic E-state index is 0.0990. The fraction of sp³-hybridized carbons (Fsp3) is 0.435. The molecular weight excluding hydrogens is 421 g/mol. The van der Waals surface area contributed by atoms with Gasteiger partial charge in [0.25, 0.3) is 0 Å². The second-order valence-corrected chi connectivity index (χ2v) is 8.00. The summed E-state index contributed by atoms with van der Waals surface area (Å²) >= 11 is 0. The number of fused-ring (bicyclic) bond motifs is 1. The predicted octanol–water partition coefficient (Wildman–Crippen LogP) is 3.61. The van der Waals surface area contributed by atoms with Crippen molar-refractivity contribution < 1.29 is 22.7 Å². The van der Waals surface area contributed by atoms with Crippen molar-refractivity contribution in [2.24, 2.45) is 0 Å². The first-order chi connectivity index (χ1) is 15.3. The van der Waals surface area contributed by atoms with E-state index in [1.807, 2.05) is 0 Å². The third-order valence-electron chi connectivity index (χ3n) is 6.19. The molecule has 0 unspecified atom stereocenters. The zero-order valence-corrected chi connectivity index (χ0v) is 17.9. The zero-order valence-electron chi connectivity index (χ0n) is 17.9. The summed E-state index contributed by atoms with van der Waals surface area (Å²) in [5.74, 6) is 0.369. The van der Waals surface area contributed by atoms with E-state index >= 15 is 0 Å². The summed E-state index contributed by atoms with van der Waals surface area (Å²) in [6.45, 7) is 5.84. The summed E-state index contributed by atoms with van der Waals surface area (Å²) in [7, 11) is 1.48. The van der Waals surface area contributed by atoms with E-state index in [-0.39, 0.29) is 17.8 Å². The molecule has 1 aromatic carbocycles. The molecule has 2 heterocycles. The van der Waals surface area contributed by atoms with Gasteiger partial charge < -0.3 is 14.5 Å². The summed E-state index contributed by atoms with van der Waals surface area (Å²) in [5, 5.41) is 0. The average molecular weight is 446 g/mol. The Morgan fingerprint density at radius 3 is 2.56 bits per heavy atom. The molecule has 1 atom stereocenters. The van der Waals surface area contributed by atoms with Crippen LogP contribution in [0.4, 0.5) is 19.0 Å². The van der Waals surface area contributed by atoms with Crippen LogP contribution in [0.15, 0.2) is 36.9 Å². The van der Waals surface area contributed by atoms with Gasteiger partial charge in [-0.2, -0.15) is 23.1 Å². The highest BCUT2D eigenvalue weighted by molar-refractivity contribution is 5.87. The molecule has 6 nitrogen and oxygen atoms in total. The van der Waals surface area contributed by atoms with E-state index in [0.717, 1.165) is 23.1 Å². The molecule has 2 aliphatic rings. The first kappa shape index (κ1) is 22.1. The molecule has 4 rings (SSSR count). The van der Waals surface area contributed by atoms with Crippen molar-refractivity contribution in [1.82, 2.24) is 14.9 Å². The van der Waals surface area contributed by atoms with Crippen LogP contribution in [0.2, 0.25) is 0 Å². The molecular formula is C23H25F3N4O2. The number of aromatic nitrogens is 2. The molecule has 0 spiro atoms. The Labute approximate surface area is 184 Å². The van der Waals surface area contributed by atoms with Crippen molar-refractivity contribution in [2.75, 3.05) is 38.2 Å². The van der Waals surface area contributed by atoms with Gasteiger partial charge in [0.1, 0.15) is 5.82 Å². The molecule has 9 heteroatoms. The van der Waals surface area contributed by atoms with Crippen LogP contribution in [-0.4, -0.2) is 54.1 Å². The van der Waals surface area contributed by atoms with Gasteiger partial charge in [-0.05, 0) is 42.9 Å². The number of rotatable bonds is 4. The lowest BCUT2D eigenvalue weighted by Gasteiger charge is -2.37. The van der Waals surface area contributed by atoms with Crippen LogP contribution < -0.4 is 9.64 Å². The van der Waals surface area contributed by atoms with Crippen LogP contribution >= 0.6 is 0 Å². The molecule has 1 aliphatic carbocycles. The Hall–Kier alpha value is -3.10. The number of hydrogen-bond donors (Lipinski definition) is 0. The fourth-order valence-electron chi connectivity index (χ4n) is 4.57. The van der Waals surface area contributed by atoms with Gasteiger partial charge in [0.15, 0.2) is 0 Å². The number of nitrogens with zero attached hydrogens (tertiary/aromatic N) is 4. The smallest absolute Gasteiger partial charge is 0.416 e. The maximum Gasteiger partial charge on any atom is 0.416 e. The number of hydrogen-bond acceptors (Lipinski definition) is 5. The predicted molar refractivity (Wildman–Crippen MR) is 114 cm³/mol. The molecule has 1 fully saturated rings. The molecule has 170 valence electrons. The van der Waals surface area contributed by atoms with E-state index in [0.29, 0.717) is 51.0 Å². The first-order valence-electron chi connectivity index (χ1n) is 10.6. The summed E-state index contributed by atoms with van der Waals surface area (Å²) in [6.07, 6.45) is -1.53. The van der Waals surface area contributed by atoms with E-state index in [1.54, 1.807) is 17.0 Å². The van der Waals surface area contributed by atoms with Crippen molar-refractivity contribution in [2.45, 2.75) is 31.4 Å². The topological polar surface area (TPSA) is 58.6 Å². The standard InChI is InChI=1S/C23H25F3N4O2/c1-3-20(31)29-10-12-30(13-11-29)21-17-9-8-15(14-19(17)27-22(28-21)32-2)16-6-4-5-7-18(16)23(24,25)26/h3-7,15H,1,8-14H2,2H3/t15-/m0/s1. The lowest BCUT2D eigenvalue weighted by Crippen LogP contribution is -2.49. The number of amides is 1. The first-order valence-corrected chi connectivity index (χ1v) is 10.6. The molecule has 1 aromatic heterocycles. The minimum atomic E-state index is -4.39. The van der Waals surface area contributed by atoms with Crippen LogP contribution in [0.25, 0.3) is 0 Å². The molecule has 0 saturated carbocycles. The number of carbonyl (C=O) groups excluding carboxylic acids is 1. The van der Waals surface area contributed by atoms with E-state index in [4.69, 9.17) is 4.74 Å². The number of ether oxygens (including phenoxy) is 1. The highest BCUT2D eigenvalue weighted by Crippen LogP contribution is 2.41. The molecule has 0 bridgehead atoms. The maximum absolute atomic E-state index is 13.6. The van der Waals surface area contributed by atoms with E-state index in [1.165, 1.54) is 19.3 Å². The van der Waals surface area contributed by atoms with Gasteiger partial charge >= 0.3 is 12.2 Å². The van der Waals surface area contributed by atoms with Crippen LogP contribution in [0, 0.1) is 0 Å². The summed E-state index contributed by atoms with van der Waals surface area (Å²) in [5.41, 5.74) is 1.40. The van der Waals surface area contributed by atoms with E-state index < -0.39 is 11.7 Å². The average Bonchev–Trinajstić information content (AvgIpc) is 2.82. The highest BCUT2D eigenvalue weighted by Gasteiger charge is 2.37. The monoisotopic (exact) mass is 446 g/mol. The van der Waals surface area contributed by atoms with Gasteiger partial charge in [-0.3, -0.25) is 4.79 Å². The van der Waals surface area contributed by atoms with E-state index in [2.05, 4.69) is 21.4 Å². The van der Waals surface area contributed by atoms with Gasteiger partial charge in [-0.15, -0.1) is 0 Å². The molecule has 2 aromatic rings. The number of alkyl halides is 3. The normalized spacial score (nSPS) is 18.8. The Morgan fingerprint density at radius 1 is 1.19 bits per heavy atom. The maximum atomic E-state index is 13.6. The van der Waals surface area contributed by atoms with Gasteiger partial charge in [0.05, 0.1) is 18.4 Å². The van der Waals surface area contributed by atoms with Crippen LogP contribution in [0.3, 0.4) is 0 Å². The highest BCUT2D eigenvalue weighted by atomic mass is 19.4. The SMILES string of the molecule is C=CC(=O)N1CCN(c2nc(OC)nc3c2CC[C@H](c2ccccc2C(F)(F)F)C3)CC1. The molecule has 32 heavy (non-hydrogen) atoms. The number of halogens is 3. The second-order valence-electron chi connectivity index (χ2n) is 8.00. The Bertz CT molecular complexity index is 1020. The van der Waals surface area contributed by atoms with Crippen molar-refractivity contribution >= 4 is 11.7 Å². The van der Waals surface area contributed by atoms with Gasteiger partial charge in [0, 0.05) is 31.7 Å². The lowest BCUT2D eigenvalue weighted by molar-refractivity contribution is -0.138.